The van der Waals surface area contributed by atoms with Gasteiger partial charge in [-0.1, -0.05) is 68.3 Å². The fourth-order valence-corrected chi connectivity index (χ4v) is 5.02. The summed E-state index contributed by atoms with van der Waals surface area (Å²) in [5.41, 5.74) is 3.81. The average molecular weight is 427 g/mol. The number of hydrogen-bond donors (Lipinski definition) is 0. The van der Waals surface area contributed by atoms with Crippen LogP contribution in [0, 0.1) is 0 Å². The first-order valence-electron chi connectivity index (χ1n) is 12.2. The van der Waals surface area contributed by atoms with E-state index in [1.54, 1.807) is 0 Å². The van der Waals surface area contributed by atoms with E-state index in [1.807, 2.05) is 0 Å². The van der Waals surface area contributed by atoms with Crippen molar-refractivity contribution in [3.63, 3.8) is 0 Å². The third-order valence-corrected chi connectivity index (χ3v) is 6.84. The van der Waals surface area contributed by atoms with Gasteiger partial charge in [0.25, 0.3) is 0 Å². The summed E-state index contributed by atoms with van der Waals surface area (Å²) in [5, 5.41) is 2.64. The molecular weight excluding hydrogens is 392 g/mol. The highest BCUT2D eigenvalue weighted by Gasteiger charge is 2.19. The van der Waals surface area contributed by atoms with Gasteiger partial charge in [0.15, 0.2) is 0 Å². The SMILES string of the molecule is CCCCCn1c(CCN2CCN(c3ccccc3)CC2)nc2ccc3ccccc3c21. The lowest BCUT2D eigenvalue weighted by atomic mass is 10.1. The maximum Gasteiger partial charge on any atom is 0.111 e. The summed E-state index contributed by atoms with van der Waals surface area (Å²) in [6, 6.07) is 24.0. The Balaban J connectivity index is 1.32. The lowest BCUT2D eigenvalue weighted by Crippen LogP contribution is -2.47. The number of rotatable bonds is 8. The molecule has 4 heteroatoms. The molecule has 1 saturated heterocycles. The lowest BCUT2D eigenvalue weighted by Gasteiger charge is -2.36. The molecule has 1 aliphatic heterocycles. The first-order valence-corrected chi connectivity index (χ1v) is 12.2. The van der Waals surface area contributed by atoms with Crippen LogP contribution in [0.4, 0.5) is 5.69 Å². The summed E-state index contributed by atoms with van der Waals surface area (Å²) in [5.74, 6) is 1.25. The van der Waals surface area contributed by atoms with Gasteiger partial charge in [0.1, 0.15) is 5.82 Å². The smallest absolute Gasteiger partial charge is 0.111 e. The van der Waals surface area contributed by atoms with Gasteiger partial charge in [-0.3, -0.25) is 4.90 Å². The van der Waals surface area contributed by atoms with Crippen LogP contribution in [0.25, 0.3) is 21.8 Å². The number of nitrogens with zero attached hydrogens (tertiary/aromatic N) is 4. The number of imidazole rings is 1. The molecule has 4 aromatic rings. The highest BCUT2D eigenvalue weighted by atomic mass is 15.3. The van der Waals surface area contributed by atoms with Crippen LogP contribution >= 0.6 is 0 Å². The van der Waals surface area contributed by atoms with Crippen molar-refractivity contribution in [3.05, 3.63) is 72.6 Å². The molecule has 0 atom stereocenters. The first kappa shape index (κ1) is 21.0. The Morgan fingerprint density at radius 1 is 0.781 bits per heavy atom. The van der Waals surface area contributed by atoms with E-state index in [4.69, 9.17) is 4.98 Å². The Labute approximate surface area is 191 Å². The van der Waals surface area contributed by atoms with Crippen LogP contribution in [0.3, 0.4) is 0 Å². The van der Waals surface area contributed by atoms with E-state index in [2.05, 4.69) is 88.0 Å². The number of aromatic nitrogens is 2. The molecule has 0 amide bonds. The number of para-hydroxylation sites is 1. The fraction of sp³-hybridized carbons (Fsp3) is 0.393. The Morgan fingerprint density at radius 3 is 2.38 bits per heavy atom. The summed E-state index contributed by atoms with van der Waals surface area (Å²) >= 11 is 0. The summed E-state index contributed by atoms with van der Waals surface area (Å²) in [4.78, 5) is 10.2. The zero-order chi connectivity index (χ0) is 21.8. The molecule has 0 radical (unpaired) electrons. The van der Waals surface area contributed by atoms with Crippen LogP contribution in [0.2, 0.25) is 0 Å². The molecule has 4 nitrogen and oxygen atoms in total. The minimum atomic E-state index is 1.01. The second-order valence-corrected chi connectivity index (χ2v) is 8.96. The monoisotopic (exact) mass is 426 g/mol. The highest BCUT2D eigenvalue weighted by Crippen LogP contribution is 2.27. The maximum absolute atomic E-state index is 5.11. The molecule has 0 saturated carbocycles. The van der Waals surface area contributed by atoms with Gasteiger partial charge in [0.2, 0.25) is 0 Å². The minimum Gasteiger partial charge on any atom is -0.369 e. The van der Waals surface area contributed by atoms with Crippen molar-refractivity contribution < 1.29 is 0 Å². The molecule has 5 rings (SSSR count). The summed E-state index contributed by atoms with van der Waals surface area (Å²) in [7, 11) is 0. The van der Waals surface area contributed by atoms with E-state index in [0.717, 1.165) is 51.2 Å². The maximum atomic E-state index is 5.11. The summed E-state index contributed by atoms with van der Waals surface area (Å²) in [6.45, 7) is 8.86. The summed E-state index contributed by atoms with van der Waals surface area (Å²) in [6.07, 6.45) is 4.74. The van der Waals surface area contributed by atoms with Gasteiger partial charge in [-0.15, -0.1) is 0 Å². The summed E-state index contributed by atoms with van der Waals surface area (Å²) < 4.78 is 2.52. The predicted octanol–water partition coefficient (Wildman–Crippen LogP) is 5.74. The van der Waals surface area contributed by atoms with Gasteiger partial charge in [-0.2, -0.15) is 0 Å². The van der Waals surface area contributed by atoms with E-state index in [0.29, 0.717) is 0 Å². The Kier molecular flexibility index (Phi) is 6.40. The number of benzene rings is 3. The van der Waals surface area contributed by atoms with E-state index in [9.17, 15) is 0 Å². The number of aryl methyl sites for hydroxylation is 1. The van der Waals surface area contributed by atoms with Crippen LogP contribution in [0.15, 0.2) is 66.7 Å². The average Bonchev–Trinajstić information content (AvgIpc) is 3.22. The highest BCUT2D eigenvalue weighted by molar-refractivity contribution is 6.04. The molecule has 0 unspecified atom stereocenters. The van der Waals surface area contributed by atoms with E-state index in [-0.39, 0.29) is 0 Å². The topological polar surface area (TPSA) is 24.3 Å². The third-order valence-electron chi connectivity index (χ3n) is 6.84. The van der Waals surface area contributed by atoms with Gasteiger partial charge in [0.05, 0.1) is 11.0 Å². The largest absolute Gasteiger partial charge is 0.369 e. The van der Waals surface area contributed by atoms with Crippen LogP contribution in [-0.4, -0.2) is 47.2 Å². The van der Waals surface area contributed by atoms with Crippen molar-refractivity contribution in [3.8, 4) is 0 Å². The van der Waals surface area contributed by atoms with Crippen LogP contribution < -0.4 is 4.90 Å². The van der Waals surface area contributed by atoms with Gasteiger partial charge in [-0.05, 0) is 30.0 Å². The normalized spacial score (nSPS) is 15.1. The Morgan fingerprint density at radius 2 is 1.56 bits per heavy atom. The van der Waals surface area contributed by atoms with E-state index >= 15 is 0 Å². The third kappa shape index (κ3) is 4.37. The number of piperazine rings is 1. The number of fused-ring (bicyclic) bond motifs is 3. The molecule has 0 bridgehead atoms. The standard InChI is InChI=1S/C28H34N4/c1-2-3-9-17-32-27(29-26-15-14-23-10-7-8-13-25(23)28(26)32)16-18-30-19-21-31(22-20-30)24-11-5-4-6-12-24/h4-8,10-15H,2-3,9,16-22H2,1H3. The van der Waals surface area contributed by atoms with E-state index < -0.39 is 0 Å². The first-order chi connectivity index (χ1) is 15.8. The molecule has 1 aromatic heterocycles. The minimum absolute atomic E-state index is 1.01. The van der Waals surface area contributed by atoms with Crippen molar-refractivity contribution in [1.82, 2.24) is 14.5 Å². The van der Waals surface area contributed by atoms with Crippen molar-refractivity contribution in [1.29, 1.82) is 0 Å². The number of hydrogen-bond acceptors (Lipinski definition) is 3. The van der Waals surface area contributed by atoms with Gasteiger partial charge >= 0.3 is 0 Å². The number of unbranched alkanes of at least 4 members (excludes halogenated alkanes) is 2. The van der Waals surface area contributed by atoms with Crippen molar-refractivity contribution >= 4 is 27.5 Å². The van der Waals surface area contributed by atoms with Crippen LogP contribution in [0.5, 0.6) is 0 Å². The van der Waals surface area contributed by atoms with Crippen molar-refractivity contribution in [2.24, 2.45) is 0 Å². The number of anilines is 1. The van der Waals surface area contributed by atoms with Crippen LogP contribution in [0.1, 0.15) is 32.0 Å². The second-order valence-electron chi connectivity index (χ2n) is 8.96. The van der Waals surface area contributed by atoms with Gasteiger partial charge in [-0.25, -0.2) is 4.98 Å². The molecule has 0 aliphatic carbocycles. The molecular formula is C28H34N4. The Bertz CT molecular complexity index is 1160. The Hall–Kier alpha value is -2.85. The van der Waals surface area contributed by atoms with Gasteiger partial charge in [0, 0.05) is 56.8 Å². The van der Waals surface area contributed by atoms with Crippen molar-refractivity contribution in [2.45, 2.75) is 39.2 Å². The van der Waals surface area contributed by atoms with Gasteiger partial charge < -0.3 is 9.47 Å². The zero-order valence-electron chi connectivity index (χ0n) is 19.2. The van der Waals surface area contributed by atoms with Crippen LogP contribution in [-0.2, 0) is 13.0 Å². The molecule has 1 fully saturated rings. The fourth-order valence-electron chi connectivity index (χ4n) is 5.02. The second kappa shape index (κ2) is 9.74. The zero-order valence-corrected chi connectivity index (χ0v) is 19.2. The van der Waals surface area contributed by atoms with Crippen molar-refractivity contribution in [2.75, 3.05) is 37.6 Å². The quantitative estimate of drug-likeness (QED) is 0.336. The molecule has 32 heavy (non-hydrogen) atoms. The molecule has 0 N–H and O–H groups in total. The molecule has 1 aliphatic rings. The molecule has 0 spiro atoms. The molecule has 166 valence electrons. The van der Waals surface area contributed by atoms with E-state index in [1.165, 1.54) is 47.1 Å². The predicted molar refractivity (Wildman–Crippen MR) is 136 cm³/mol. The molecule has 2 heterocycles. The molecule has 3 aromatic carbocycles. The lowest BCUT2D eigenvalue weighted by molar-refractivity contribution is 0.258.